The Morgan fingerprint density at radius 1 is 1.22 bits per heavy atom. The van der Waals surface area contributed by atoms with Crippen molar-refractivity contribution in [1.29, 1.82) is 0 Å². The number of ether oxygens (including phenoxy) is 1. The largest absolute Gasteiger partial charge is 0.460 e. The molecule has 1 N–H and O–H groups in total. The van der Waals surface area contributed by atoms with E-state index < -0.39 is 0 Å². The van der Waals surface area contributed by atoms with Crippen molar-refractivity contribution in [3.8, 4) is 11.3 Å². The molecule has 5 rings (SSSR count). The Bertz CT molecular complexity index is 1090. The van der Waals surface area contributed by atoms with Gasteiger partial charge in [0.25, 0.3) is 0 Å². The summed E-state index contributed by atoms with van der Waals surface area (Å²) in [7, 11) is 1.75. The molecule has 1 aliphatic heterocycles. The summed E-state index contributed by atoms with van der Waals surface area (Å²) in [5.41, 5.74) is 5.03. The highest BCUT2D eigenvalue weighted by molar-refractivity contribution is 6.09. The first-order chi connectivity index (χ1) is 15.8. The first-order valence-corrected chi connectivity index (χ1v) is 11.3. The summed E-state index contributed by atoms with van der Waals surface area (Å²) in [5, 5.41) is 13.6. The van der Waals surface area contributed by atoms with Gasteiger partial charge in [-0.1, -0.05) is 29.4 Å². The zero-order valence-electron chi connectivity index (χ0n) is 18.4. The predicted octanol–water partition coefficient (Wildman–Crippen LogP) is 4.69. The quantitative estimate of drug-likeness (QED) is 0.453. The second kappa shape index (κ2) is 9.27. The van der Waals surface area contributed by atoms with Crippen LogP contribution in [-0.4, -0.2) is 54.2 Å². The number of furan rings is 1. The maximum absolute atomic E-state index is 9.91. The van der Waals surface area contributed by atoms with Gasteiger partial charge in [0, 0.05) is 61.1 Å². The molecule has 0 amide bonds. The molecule has 0 spiro atoms. The number of benzene rings is 1. The van der Waals surface area contributed by atoms with Crippen molar-refractivity contribution in [2.75, 3.05) is 33.4 Å². The van der Waals surface area contributed by atoms with Crippen molar-refractivity contribution < 1.29 is 14.4 Å². The molecule has 1 aromatic carbocycles. The van der Waals surface area contributed by atoms with E-state index in [1.54, 1.807) is 19.5 Å². The van der Waals surface area contributed by atoms with Crippen molar-refractivity contribution in [2.45, 2.75) is 31.1 Å². The molecule has 0 saturated carbocycles. The average molecular weight is 432 g/mol. The van der Waals surface area contributed by atoms with Gasteiger partial charge in [0.1, 0.15) is 11.5 Å². The Morgan fingerprint density at radius 3 is 2.88 bits per heavy atom. The molecule has 2 atom stereocenters. The third-order valence-corrected chi connectivity index (χ3v) is 6.77. The lowest BCUT2D eigenvalue weighted by atomic mass is 9.90. The highest BCUT2D eigenvalue weighted by atomic mass is 16.5. The molecular weight excluding hydrogens is 402 g/mol. The minimum absolute atomic E-state index is 0.0359. The molecule has 6 nitrogen and oxygen atoms in total. The van der Waals surface area contributed by atoms with Crippen molar-refractivity contribution in [1.82, 2.24) is 9.88 Å². The van der Waals surface area contributed by atoms with Crippen molar-refractivity contribution in [3.63, 3.8) is 0 Å². The van der Waals surface area contributed by atoms with Crippen molar-refractivity contribution >= 4 is 5.71 Å². The number of fused-ring (bicyclic) bond motifs is 1. The highest BCUT2D eigenvalue weighted by Crippen LogP contribution is 2.42. The Labute approximate surface area is 188 Å². The van der Waals surface area contributed by atoms with E-state index in [0.29, 0.717) is 11.6 Å². The summed E-state index contributed by atoms with van der Waals surface area (Å²) in [4.78, 5) is 6.63. The number of rotatable bonds is 6. The average Bonchev–Trinajstić information content (AvgIpc) is 3.45. The van der Waals surface area contributed by atoms with Crippen LogP contribution in [0.2, 0.25) is 0 Å². The van der Waals surface area contributed by atoms with E-state index in [9.17, 15) is 5.21 Å². The second-order valence-corrected chi connectivity index (χ2v) is 8.70. The molecule has 1 aliphatic carbocycles. The molecule has 2 unspecified atom stereocenters. The van der Waals surface area contributed by atoms with E-state index >= 15 is 0 Å². The lowest BCUT2D eigenvalue weighted by molar-refractivity contribution is 0.125. The molecule has 3 aromatic rings. The van der Waals surface area contributed by atoms with E-state index in [0.717, 1.165) is 73.7 Å². The molecule has 3 heterocycles. The van der Waals surface area contributed by atoms with Crippen LogP contribution in [0.3, 0.4) is 0 Å². The summed E-state index contributed by atoms with van der Waals surface area (Å²) < 4.78 is 11.9. The van der Waals surface area contributed by atoms with Gasteiger partial charge in [-0.15, -0.1) is 0 Å². The Hall–Kier alpha value is -2.96. The lowest BCUT2D eigenvalue weighted by Gasteiger charge is -2.31. The van der Waals surface area contributed by atoms with Crippen molar-refractivity contribution in [2.24, 2.45) is 5.16 Å². The summed E-state index contributed by atoms with van der Waals surface area (Å²) in [6, 6.07) is 14.4. The minimum Gasteiger partial charge on any atom is -0.460 e. The monoisotopic (exact) mass is 431 g/mol. The number of pyridine rings is 1. The predicted molar refractivity (Wildman–Crippen MR) is 123 cm³/mol. The topological polar surface area (TPSA) is 71.1 Å². The van der Waals surface area contributed by atoms with E-state index in [1.807, 2.05) is 30.3 Å². The van der Waals surface area contributed by atoms with Gasteiger partial charge in [-0.2, -0.15) is 0 Å². The third kappa shape index (κ3) is 3.96. The molecule has 0 radical (unpaired) electrons. The van der Waals surface area contributed by atoms with Crippen LogP contribution in [0.4, 0.5) is 0 Å². The van der Waals surface area contributed by atoms with Crippen LogP contribution in [0, 0.1) is 0 Å². The maximum atomic E-state index is 9.91. The fourth-order valence-electron chi connectivity index (χ4n) is 5.16. The summed E-state index contributed by atoms with van der Waals surface area (Å²) in [6.07, 6.45) is 6.64. The summed E-state index contributed by atoms with van der Waals surface area (Å²) in [5.74, 6) is 2.18. The highest BCUT2D eigenvalue weighted by Gasteiger charge is 2.35. The molecule has 166 valence electrons. The molecule has 0 bridgehead atoms. The number of likely N-dealkylation sites (tertiary alicyclic amines) is 1. The van der Waals surface area contributed by atoms with Gasteiger partial charge in [-0.3, -0.25) is 4.98 Å². The Morgan fingerprint density at radius 2 is 2.06 bits per heavy atom. The first-order valence-electron chi connectivity index (χ1n) is 11.3. The molecule has 2 aromatic heterocycles. The normalized spacial score (nSPS) is 22.3. The van der Waals surface area contributed by atoms with Gasteiger partial charge in [0.15, 0.2) is 0 Å². The van der Waals surface area contributed by atoms with Gasteiger partial charge in [-0.25, -0.2) is 0 Å². The number of methoxy groups -OCH3 is 1. The van der Waals surface area contributed by atoms with E-state index in [4.69, 9.17) is 9.15 Å². The summed E-state index contributed by atoms with van der Waals surface area (Å²) in [6.45, 7) is 3.76. The number of oxime groups is 1. The number of aromatic nitrogens is 1. The van der Waals surface area contributed by atoms with Crippen LogP contribution in [0.5, 0.6) is 0 Å². The van der Waals surface area contributed by atoms with Crippen LogP contribution < -0.4 is 0 Å². The maximum Gasteiger partial charge on any atom is 0.138 e. The molecular formula is C26H29N3O3. The van der Waals surface area contributed by atoms with Crippen LogP contribution in [0.25, 0.3) is 11.3 Å². The number of nitrogens with zero attached hydrogens (tertiary/aromatic N) is 3. The van der Waals surface area contributed by atoms with Crippen LogP contribution in [-0.2, 0) is 11.2 Å². The van der Waals surface area contributed by atoms with Gasteiger partial charge in [0.2, 0.25) is 0 Å². The Kier molecular flexibility index (Phi) is 6.06. The number of hydrogen-bond donors (Lipinski definition) is 1. The fraction of sp³-hybridized carbons (Fsp3) is 0.385. The van der Waals surface area contributed by atoms with E-state index in [-0.39, 0.29) is 5.92 Å². The SMILES string of the molecule is COCCN1CCCC(c2cc(C3Cc4ccccc4/C3=N\O)c(-c3ccncc3)o2)C1. The summed E-state index contributed by atoms with van der Waals surface area (Å²) >= 11 is 0. The standard InChI is InChI=1S/C26H29N3O3/c1-31-14-13-29-12-4-6-20(17-29)24-16-23(26(32-24)18-8-10-27-11-9-18)22-15-19-5-2-3-7-21(19)25(22)28-30/h2-3,5,7-11,16,20,22,30H,4,6,12-15,17H2,1H3/b28-25+. The van der Waals surface area contributed by atoms with Crippen LogP contribution in [0.1, 0.15) is 47.1 Å². The Balaban J connectivity index is 1.52. The van der Waals surface area contributed by atoms with E-state index in [1.165, 1.54) is 5.56 Å². The molecule has 1 fully saturated rings. The fourth-order valence-corrected chi connectivity index (χ4v) is 5.16. The minimum atomic E-state index is -0.0359. The van der Waals surface area contributed by atoms with E-state index in [2.05, 4.69) is 27.2 Å². The first kappa shape index (κ1) is 20.9. The zero-order valence-corrected chi connectivity index (χ0v) is 18.4. The molecule has 1 saturated heterocycles. The smallest absolute Gasteiger partial charge is 0.138 e. The third-order valence-electron chi connectivity index (χ3n) is 6.77. The van der Waals surface area contributed by atoms with Gasteiger partial charge in [-0.05, 0) is 49.6 Å². The van der Waals surface area contributed by atoms with Crippen molar-refractivity contribution in [3.05, 3.63) is 77.3 Å². The lowest BCUT2D eigenvalue weighted by Crippen LogP contribution is -2.36. The second-order valence-electron chi connectivity index (χ2n) is 8.70. The molecule has 32 heavy (non-hydrogen) atoms. The van der Waals surface area contributed by atoms with Crippen LogP contribution >= 0.6 is 0 Å². The number of hydrogen-bond acceptors (Lipinski definition) is 6. The zero-order chi connectivity index (χ0) is 21.9. The molecule has 6 heteroatoms. The van der Waals surface area contributed by atoms with Gasteiger partial charge in [0.05, 0.1) is 12.3 Å². The van der Waals surface area contributed by atoms with Gasteiger partial charge < -0.3 is 19.3 Å². The van der Waals surface area contributed by atoms with Gasteiger partial charge >= 0.3 is 0 Å². The number of piperidine rings is 1. The molecule has 2 aliphatic rings. The van der Waals surface area contributed by atoms with Crippen LogP contribution in [0.15, 0.2) is 64.4 Å².